The summed E-state index contributed by atoms with van der Waals surface area (Å²) < 4.78 is 33.6. The van der Waals surface area contributed by atoms with Crippen LogP contribution in [0, 0.1) is 0 Å². The average molecular weight is 457 g/mol. The van der Waals surface area contributed by atoms with Crippen LogP contribution in [-0.4, -0.2) is 36.9 Å². The first-order chi connectivity index (χ1) is 15.3. The number of benzene rings is 2. The number of fused-ring (bicyclic) bond motifs is 1. The highest BCUT2D eigenvalue weighted by Crippen LogP contribution is 2.33. The molecule has 168 valence electrons. The van der Waals surface area contributed by atoms with Crippen LogP contribution in [0.2, 0.25) is 0 Å². The summed E-state index contributed by atoms with van der Waals surface area (Å²) >= 11 is 0. The van der Waals surface area contributed by atoms with Crippen LogP contribution in [0.4, 0.5) is 5.69 Å². The minimum absolute atomic E-state index is 0.0156. The number of nitrogens with one attached hydrogen (secondary N) is 1. The molecule has 0 radical (unpaired) electrons. The monoisotopic (exact) mass is 456 g/mol. The molecule has 0 saturated heterocycles. The predicted molar refractivity (Wildman–Crippen MR) is 120 cm³/mol. The lowest BCUT2D eigenvalue weighted by molar-refractivity contribution is -0.148. The number of Topliss-reactive ketones (excluding diaryl/α,β-unsaturated/α-hetero) is 1. The Balaban J connectivity index is 2.02. The highest BCUT2D eigenvalue weighted by atomic mass is 32.2. The van der Waals surface area contributed by atoms with Crippen molar-refractivity contribution in [1.82, 2.24) is 4.98 Å². The zero-order valence-corrected chi connectivity index (χ0v) is 18.6. The van der Waals surface area contributed by atoms with Crippen molar-refractivity contribution in [1.29, 1.82) is 0 Å². The Hall–Kier alpha value is -3.46. The van der Waals surface area contributed by atoms with Gasteiger partial charge in [-0.1, -0.05) is 25.1 Å². The minimum atomic E-state index is -4.05. The van der Waals surface area contributed by atoms with Gasteiger partial charge in [0.15, 0.2) is 5.78 Å². The molecule has 0 bridgehead atoms. The van der Waals surface area contributed by atoms with E-state index in [1.807, 2.05) is 0 Å². The van der Waals surface area contributed by atoms with Gasteiger partial charge < -0.3 is 9.84 Å². The lowest BCUT2D eigenvalue weighted by atomic mass is 9.91. The van der Waals surface area contributed by atoms with Gasteiger partial charge in [0.05, 0.1) is 12.1 Å². The van der Waals surface area contributed by atoms with Gasteiger partial charge in [-0.3, -0.25) is 19.3 Å². The number of carbonyl (C=O) groups is 2. The molecule has 0 spiro atoms. The number of ketones is 1. The number of anilines is 1. The molecule has 1 atom stereocenters. The van der Waals surface area contributed by atoms with E-state index in [9.17, 15) is 23.1 Å². The van der Waals surface area contributed by atoms with Gasteiger partial charge in [-0.15, -0.1) is 0 Å². The third-order valence-electron chi connectivity index (χ3n) is 4.82. The van der Waals surface area contributed by atoms with Gasteiger partial charge >= 0.3 is 5.97 Å². The summed E-state index contributed by atoms with van der Waals surface area (Å²) in [6.07, 6.45) is 2.12. The Morgan fingerprint density at radius 1 is 1.12 bits per heavy atom. The summed E-state index contributed by atoms with van der Waals surface area (Å²) in [5.74, 6) is -2.86. The Morgan fingerprint density at radius 2 is 1.88 bits per heavy atom. The molecule has 8 nitrogen and oxygen atoms in total. The molecule has 9 heteroatoms. The Kier molecular flexibility index (Phi) is 7.09. The summed E-state index contributed by atoms with van der Waals surface area (Å²) in [6.45, 7) is 3.47. The molecule has 0 aliphatic carbocycles. The molecule has 1 heterocycles. The Bertz CT molecular complexity index is 1230. The molecule has 0 aliphatic heterocycles. The molecule has 0 saturated carbocycles. The van der Waals surface area contributed by atoms with Crippen molar-refractivity contribution in [2.75, 3.05) is 11.3 Å². The summed E-state index contributed by atoms with van der Waals surface area (Å²) in [5.41, 5.74) is 0.381. The van der Waals surface area contributed by atoms with Gasteiger partial charge in [-0.05, 0) is 43.7 Å². The van der Waals surface area contributed by atoms with Crippen molar-refractivity contribution in [3.63, 3.8) is 0 Å². The molecule has 2 aromatic carbocycles. The lowest BCUT2D eigenvalue weighted by Gasteiger charge is -2.17. The van der Waals surface area contributed by atoms with Gasteiger partial charge in [0.1, 0.15) is 16.6 Å². The normalized spacial score (nSPS) is 12.3. The summed E-state index contributed by atoms with van der Waals surface area (Å²) in [6, 6.07) is 12.1. The number of ether oxygens (including phenoxy) is 1. The van der Waals surface area contributed by atoms with E-state index in [1.54, 1.807) is 38.1 Å². The van der Waals surface area contributed by atoms with Crippen LogP contribution in [-0.2, 0) is 24.3 Å². The van der Waals surface area contributed by atoms with Crippen molar-refractivity contribution in [2.45, 2.75) is 37.5 Å². The summed E-state index contributed by atoms with van der Waals surface area (Å²) in [7, 11) is -4.05. The van der Waals surface area contributed by atoms with Crippen molar-refractivity contribution in [3.05, 3.63) is 60.3 Å². The number of nitrogens with zero attached hydrogens (tertiary/aromatic N) is 1. The fraction of sp³-hybridized carbons (Fsp3) is 0.261. The van der Waals surface area contributed by atoms with E-state index in [2.05, 4.69) is 9.71 Å². The molecule has 0 aliphatic rings. The SMILES string of the molecule is CCCC(=O)[C@H](C(=O)OCC)c1cc(NS(=O)(=O)c2cccc3cccnc23)ccc1O. The molecule has 2 N–H and O–H groups in total. The topological polar surface area (TPSA) is 123 Å². The first-order valence-corrected chi connectivity index (χ1v) is 11.7. The maximum Gasteiger partial charge on any atom is 0.321 e. The van der Waals surface area contributed by atoms with Gasteiger partial charge in [0, 0.05) is 29.3 Å². The van der Waals surface area contributed by atoms with E-state index in [-0.39, 0.29) is 34.9 Å². The Labute approximate surface area is 186 Å². The van der Waals surface area contributed by atoms with Crippen molar-refractivity contribution >= 4 is 38.4 Å². The number of rotatable bonds is 9. The number of aromatic hydroxyl groups is 1. The van der Waals surface area contributed by atoms with E-state index in [4.69, 9.17) is 4.74 Å². The van der Waals surface area contributed by atoms with Crippen molar-refractivity contribution in [3.8, 4) is 5.75 Å². The van der Waals surface area contributed by atoms with Crippen LogP contribution in [0.3, 0.4) is 0 Å². The largest absolute Gasteiger partial charge is 0.508 e. The number of aromatic nitrogens is 1. The fourth-order valence-corrected chi connectivity index (χ4v) is 4.63. The van der Waals surface area contributed by atoms with Gasteiger partial charge in [0.2, 0.25) is 0 Å². The van der Waals surface area contributed by atoms with Crippen LogP contribution in [0.25, 0.3) is 10.9 Å². The summed E-state index contributed by atoms with van der Waals surface area (Å²) in [5, 5.41) is 11.0. The predicted octanol–water partition coefficient (Wildman–Crippen LogP) is 3.76. The van der Waals surface area contributed by atoms with Crippen LogP contribution >= 0.6 is 0 Å². The van der Waals surface area contributed by atoms with E-state index in [1.165, 1.54) is 30.5 Å². The Morgan fingerprint density at radius 3 is 2.59 bits per heavy atom. The second kappa shape index (κ2) is 9.78. The second-order valence-electron chi connectivity index (χ2n) is 7.11. The van der Waals surface area contributed by atoms with Crippen LogP contribution in [0.5, 0.6) is 5.75 Å². The zero-order valence-electron chi connectivity index (χ0n) is 17.7. The summed E-state index contributed by atoms with van der Waals surface area (Å²) in [4.78, 5) is 29.2. The molecular weight excluding hydrogens is 432 g/mol. The first-order valence-electron chi connectivity index (χ1n) is 10.2. The van der Waals surface area contributed by atoms with Gasteiger partial charge in [0.25, 0.3) is 10.0 Å². The second-order valence-corrected chi connectivity index (χ2v) is 8.76. The van der Waals surface area contributed by atoms with E-state index in [0.717, 1.165) is 0 Å². The first kappa shape index (κ1) is 23.2. The smallest absolute Gasteiger partial charge is 0.321 e. The number of esters is 1. The molecule has 0 fully saturated rings. The maximum atomic E-state index is 13.1. The third kappa shape index (κ3) is 4.88. The maximum absolute atomic E-state index is 13.1. The highest BCUT2D eigenvalue weighted by Gasteiger charge is 2.32. The van der Waals surface area contributed by atoms with Crippen molar-refractivity contribution < 1.29 is 27.9 Å². The molecule has 3 rings (SSSR count). The number of pyridine rings is 1. The van der Waals surface area contributed by atoms with E-state index < -0.39 is 27.7 Å². The standard InChI is InChI=1S/C23H24N2O6S/c1-3-7-19(27)21(23(28)31-4-2)17-14-16(11-12-18(17)26)25-32(29,30)20-10-5-8-15-9-6-13-24-22(15)20/h5-6,8-14,21,25-26H,3-4,7H2,1-2H3/t21-/m1/s1. The number of sulfonamides is 1. The zero-order chi connectivity index (χ0) is 23.3. The number of carbonyl (C=O) groups excluding carboxylic acids is 2. The average Bonchev–Trinajstić information content (AvgIpc) is 2.76. The molecule has 32 heavy (non-hydrogen) atoms. The molecule has 3 aromatic rings. The molecule has 0 amide bonds. The lowest BCUT2D eigenvalue weighted by Crippen LogP contribution is -2.24. The van der Waals surface area contributed by atoms with Gasteiger partial charge in [-0.2, -0.15) is 0 Å². The number of para-hydroxylation sites is 1. The minimum Gasteiger partial charge on any atom is -0.508 e. The van der Waals surface area contributed by atoms with Crippen LogP contribution in [0.15, 0.2) is 59.6 Å². The number of hydrogen-bond acceptors (Lipinski definition) is 7. The fourth-order valence-electron chi connectivity index (χ4n) is 3.40. The number of hydrogen-bond donors (Lipinski definition) is 2. The molecule has 1 aromatic heterocycles. The van der Waals surface area contributed by atoms with Crippen LogP contribution < -0.4 is 4.72 Å². The number of phenols is 1. The van der Waals surface area contributed by atoms with Crippen molar-refractivity contribution in [2.24, 2.45) is 0 Å². The van der Waals surface area contributed by atoms with Crippen LogP contribution in [0.1, 0.15) is 38.2 Å². The molecular formula is C23H24N2O6S. The quantitative estimate of drug-likeness (QED) is 0.285. The van der Waals surface area contributed by atoms with Gasteiger partial charge in [-0.25, -0.2) is 8.42 Å². The highest BCUT2D eigenvalue weighted by molar-refractivity contribution is 7.93. The third-order valence-corrected chi connectivity index (χ3v) is 6.23. The number of phenolic OH excluding ortho intramolecular Hbond substituents is 1. The van der Waals surface area contributed by atoms with E-state index in [0.29, 0.717) is 17.3 Å². The molecule has 0 unspecified atom stereocenters. The van der Waals surface area contributed by atoms with E-state index >= 15 is 0 Å².